The molecule has 0 radical (unpaired) electrons. The summed E-state index contributed by atoms with van der Waals surface area (Å²) in [5, 5.41) is 2.42. The van der Waals surface area contributed by atoms with E-state index < -0.39 is 0 Å². The van der Waals surface area contributed by atoms with E-state index in [0.717, 1.165) is 28.8 Å². The first-order chi connectivity index (χ1) is 14.2. The van der Waals surface area contributed by atoms with Gasteiger partial charge in [0.2, 0.25) is 0 Å². The molecule has 0 fully saturated rings. The van der Waals surface area contributed by atoms with E-state index in [1.54, 1.807) is 0 Å². The zero-order valence-corrected chi connectivity index (χ0v) is 16.8. The number of aromatic nitrogens is 1. The van der Waals surface area contributed by atoms with Gasteiger partial charge in [0.15, 0.2) is 0 Å². The molecule has 3 aromatic carbocycles. The zero-order valence-electron chi connectivity index (χ0n) is 16.8. The second kappa shape index (κ2) is 6.82. The largest absolute Gasteiger partial charge is 0.456 e. The highest BCUT2D eigenvalue weighted by Crippen LogP contribution is 2.41. The molecule has 2 heteroatoms. The minimum absolute atomic E-state index is 0.787. The molecule has 5 rings (SSSR count). The van der Waals surface area contributed by atoms with Crippen LogP contribution in [0.2, 0.25) is 0 Å². The van der Waals surface area contributed by atoms with Crippen LogP contribution in [0.15, 0.2) is 90.0 Å². The van der Waals surface area contributed by atoms with Crippen LogP contribution in [0.1, 0.15) is 11.1 Å². The second-order valence-electron chi connectivity index (χ2n) is 7.58. The molecule has 142 valence electrons. The number of rotatable bonds is 4. The first-order valence-electron chi connectivity index (χ1n) is 9.95. The van der Waals surface area contributed by atoms with Crippen LogP contribution in [0.4, 0.5) is 0 Å². The quantitative estimate of drug-likeness (QED) is 0.296. The van der Waals surface area contributed by atoms with E-state index in [1.165, 1.54) is 33.2 Å². The molecule has 29 heavy (non-hydrogen) atoms. The monoisotopic (exact) mass is 377 g/mol. The Hall–Kier alpha value is -3.52. The molecular formula is C27H23NO. The highest BCUT2D eigenvalue weighted by Gasteiger charge is 2.19. The number of para-hydroxylation sites is 1. The van der Waals surface area contributed by atoms with Crippen LogP contribution in [0.25, 0.3) is 44.3 Å². The SMILES string of the molecule is C=CCn1cc(-c2c(C)c(C)cc3oc(-c4ccccc4)cc23)c2ccccc21. The van der Waals surface area contributed by atoms with Gasteiger partial charge in [-0.1, -0.05) is 54.6 Å². The Kier molecular flexibility index (Phi) is 4.13. The minimum atomic E-state index is 0.787. The molecule has 2 heterocycles. The first kappa shape index (κ1) is 17.6. The van der Waals surface area contributed by atoms with Gasteiger partial charge < -0.3 is 8.98 Å². The molecule has 0 atom stereocenters. The van der Waals surface area contributed by atoms with Crippen LogP contribution in [-0.4, -0.2) is 4.57 Å². The number of allylic oxidation sites excluding steroid dienone is 1. The summed E-state index contributed by atoms with van der Waals surface area (Å²) in [5.41, 5.74) is 8.28. The predicted molar refractivity (Wildman–Crippen MR) is 122 cm³/mol. The van der Waals surface area contributed by atoms with Crippen molar-refractivity contribution in [3.8, 4) is 22.5 Å². The molecule has 0 N–H and O–H groups in total. The number of furan rings is 1. The van der Waals surface area contributed by atoms with Gasteiger partial charge in [0.05, 0.1) is 0 Å². The second-order valence-corrected chi connectivity index (χ2v) is 7.58. The van der Waals surface area contributed by atoms with Crippen LogP contribution in [0, 0.1) is 13.8 Å². The molecule has 0 amide bonds. The molecule has 2 nitrogen and oxygen atoms in total. The van der Waals surface area contributed by atoms with Crippen LogP contribution < -0.4 is 0 Å². The summed E-state index contributed by atoms with van der Waals surface area (Å²) >= 11 is 0. The van der Waals surface area contributed by atoms with Gasteiger partial charge in [-0.05, 0) is 48.7 Å². The van der Waals surface area contributed by atoms with E-state index in [1.807, 2.05) is 24.3 Å². The van der Waals surface area contributed by atoms with Gasteiger partial charge in [-0.2, -0.15) is 0 Å². The molecule has 5 aromatic rings. The normalized spacial score (nSPS) is 11.4. The van der Waals surface area contributed by atoms with Gasteiger partial charge in [0.1, 0.15) is 11.3 Å². The van der Waals surface area contributed by atoms with Crippen molar-refractivity contribution in [2.45, 2.75) is 20.4 Å². The summed E-state index contributed by atoms with van der Waals surface area (Å²) in [5.74, 6) is 0.904. The van der Waals surface area contributed by atoms with Gasteiger partial charge in [0.25, 0.3) is 0 Å². The van der Waals surface area contributed by atoms with E-state index in [9.17, 15) is 0 Å². The Morgan fingerprint density at radius 1 is 0.931 bits per heavy atom. The molecule has 2 aromatic heterocycles. The highest BCUT2D eigenvalue weighted by atomic mass is 16.3. The van der Waals surface area contributed by atoms with Gasteiger partial charge in [-0.25, -0.2) is 0 Å². The highest BCUT2D eigenvalue weighted by molar-refractivity contribution is 6.06. The van der Waals surface area contributed by atoms with E-state index in [0.29, 0.717) is 0 Å². The fraction of sp³-hybridized carbons (Fsp3) is 0.111. The van der Waals surface area contributed by atoms with Crippen LogP contribution >= 0.6 is 0 Å². The minimum Gasteiger partial charge on any atom is -0.456 e. The van der Waals surface area contributed by atoms with Crippen molar-refractivity contribution in [2.24, 2.45) is 0 Å². The van der Waals surface area contributed by atoms with Gasteiger partial charge in [-0.15, -0.1) is 6.58 Å². The molecule has 0 saturated heterocycles. The van der Waals surface area contributed by atoms with E-state index in [4.69, 9.17) is 4.42 Å². The van der Waals surface area contributed by atoms with Crippen molar-refractivity contribution < 1.29 is 4.42 Å². The fourth-order valence-corrected chi connectivity index (χ4v) is 4.24. The summed E-state index contributed by atoms with van der Waals surface area (Å²) in [4.78, 5) is 0. The van der Waals surface area contributed by atoms with Crippen LogP contribution in [0.3, 0.4) is 0 Å². The summed E-state index contributed by atoms with van der Waals surface area (Å²) in [6.07, 6.45) is 4.20. The third-order valence-electron chi connectivity index (χ3n) is 5.79. The zero-order chi connectivity index (χ0) is 20.0. The lowest BCUT2D eigenvalue weighted by atomic mass is 9.93. The average Bonchev–Trinajstić information content (AvgIpc) is 3.32. The van der Waals surface area contributed by atoms with Crippen molar-refractivity contribution in [1.29, 1.82) is 0 Å². The first-order valence-corrected chi connectivity index (χ1v) is 9.95. The predicted octanol–water partition coefficient (Wildman–Crippen LogP) is 7.52. The number of fused-ring (bicyclic) bond motifs is 2. The summed E-state index contributed by atoms with van der Waals surface area (Å²) in [7, 11) is 0. The number of benzene rings is 3. The molecule has 0 saturated carbocycles. The maximum atomic E-state index is 6.30. The Morgan fingerprint density at radius 2 is 1.69 bits per heavy atom. The van der Waals surface area contributed by atoms with Crippen LogP contribution in [-0.2, 0) is 6.54 Å². The molecule has 0 unspecified atom stereocenters. The summed E-state index contributed by atoms with van der Waals surface area (Å²) < 4.78 is 8.56. The molecule has 0 aliphatic rings. The summed E-state index contributed by atoms with van der Waals surface area (Å²) in [6.45, 7) is 9.08. The smallest absolute Gasteiger partial charge is 0.135 e. The number of aryl methyl sites for hydroxylation is 1. The third kappa shape index (κ3) is 2.80. The Morgan fingerprint density at radius 3 is 2.48 bits per heavy atom. The average molecular weight is 377 g/mol. The molecule has 0 aliphatic carbocycles. The van der Waals surface area contributed by atoms with Crippen molar-refractivity contribution >= 4 is 21.9 Å². The van der Waals surface area contributed by atoms with Crippen LogP contribution in [0.5, 0.6) is 0 Å². The van der Waals surface area contributed by atoms with E-state index in [2.05, 4.69) is 79.7 Å². The van der Waals surface area contributed by atoms with E-state index >= 15 is 0 Å². The Labute approximate surface area is 170 Å². The number of nitrogens with zero attached hydrogens (tertiary/aromatic N) is 1. The standard InChI is InChI=1S/C27H23NO/c1-4-14-28-17-23(21-12-8-9-13-24(21)28)27-19(3)18(2)15-26-22(27)16-25(29-26)20-10-6-5-7-11-20/h4-13,15-17H,1,14H2,2-3H3. The van der Waals surface area contributed by atoms with Crippen molar-refractivity contribution in [3.05, 3.63) is 96.7 Å². The lowest BCUT2D eigenvalue weighted by Gasteiger charge is -2.09. The topological polar surface area (TPSA) is 18.1 Å². The Bertz CT molecular complexity index is 1350. The van der Waals surface area contributed by atoms with Gasteiger partial charge in [-0.3, -0.25) is 0 Å². The lowest BCUT2D eigenvalue weighted by molar-refractivity contribution is 0.631. The number of hydrogen-bond acceptors (Lipinski definition) is 1. The van der Waals surface area contributed by atoms with E-state index in [-0.39, 0.29) is 0 Å². The molecule has 0 bridgehead atoms. The molecular weight excluding hydrogens is 354 g/mol. The number of hydrogen-bond donors (Lipinski definition) is 0. The van der Waals surface area contributed by atoms with Crippen molar-refractivity contribution in [2.75, 3.05) is 0 Å². The summed E-state index contributed by atoms with van der Waals surface area (Å²) in [6, 6.07) is 23.2. The van der Waals surface area contributed by atoms with Gasteiger partial charge in [0, 0.05) is 40.2 Å². The van der Waals surface area contributed by atoms with Crippen molar-refractivity contribution in [3.63, 3.8) is 0 Å². The Balaban J connectivity index is 1.83. The fourth-order valence-electron chi connectivity index (χ4n) is 4.24. The molecule has 0 spiro atoms. The van der Waals surface area contributed by atoms with Crippen molar-refractivity contribution in [1.82, 2.24) is 4.57 Å². The maximum absolute atomic E-state index is 6.30. The third-order valence-corrected chi connectivity index (χ3v) is 5.79. The van der Waals surface area contributed by atoms with Gasteiger partial charge >= 0.3 is 0 Å². The molecule has 0 aliphatic heterocycles. The maximum Gasteiger partial charge on any atom is 0.135 e. The lowest BCUT2D eigenvalue weighted by Crippen LogP contribution is -1.91.